The van der Waals surface area contributed by atoms with Crippen molar-refractivity contribution >= 4 is 15.9 Å². The van der Waals surface area contributed by atoms with Crippen LogP contribution in [0.4, 0.5) is 0 Å². The van der Waals surface area contributed by atoms with E-state index in [1.165, 1.54) is 12.8 Å². The van der Waals surface area contributed by atoms with Gasteiger partial charge in [0.25, 0.3) is 0 Å². The predicted molar refractivity (Wildman–Crippen MR) is 78.3 cm³/mol. The Morgan fingerprint density at radius 3 is 2.89 bits per heavy atom. The third kappa shape index (κ3) is 2.72. The highest BCUT2D eigenvalue weighted by Crippen LogP contribution is 2.44. The molecule has 1 aromatic heterocycles. The lowest BCUT2D eigenvalue weighted by molar-refractivity contribution is -0.0824. The van der Waals surface area contributed by atoms with Gasteiger partial charge in [-0.3, -0.25) is 10.5 Å². The van der Waals surface area contributed by atoms with Gasteiger partial charge in [0.2, 0.25) is 0 Å². The molecule has 1 saturated carbocycles. The van der Waals surface area contributed by atoms with Crippen LogP contribution >= 0.6 is 15.9 Å². The largest absolute Gasteiger partial charge is 0.376 e. The quantitative estimate of drug-likeness (QED) is 0.656. The number of nitrogens with two attached hydrogens (primary N) is 1. The number of nitrogens with zero attached hydrogens (tertiary/aromatic N) is 2. The summed E-state index contributed by atoms with van der Waals surface area (Å²) in [4.78, 5) is 0. The summed E-state index contributed by atoms with van der Waals surface area (Å²) >= 11 is 3.56. The summed E-state index contributed by atoms with van der Waals surface area (Å²) in [6, 6.07) is -0.0675. The van der Waals surface area contributed by atoms with Crippen molar-refractivity contribution in [3.8, 4) is 0 Å². The number of rotatable bonds is 4. The van der Waals surface area contributed by atoms with Crippen molar-refractivity contribution in [3.05, 3.63) is 16.4 Å². The number of hydrogen-bond donors (Lipinski definition) is 2. The van der Waals surface area contributed by atoms with Crippen LogP contribution in [0.25, 0.3) is 0 Å². The zero-order chi connectivity index (χ0) is 14.0. The minimum Gasteiger partial charge on any atom is -0.376 e. The van der Waals surface area contributed by atoms with Gasteiger partial charge in [0.15, 0.2) is 0 Å². The van der Waals surface area contributed by atoms with Gasteiger partial charge in [-0.05, 0) is 34.7 Å². The number of aryl methyl sites for hydroxylation is 1. The SMILES string of the molecule is COC1(C(NN)c2c(Br)cnn2C)CCCC(C)C1. The van der Waals surface area contributed by atoms with Crippen LogP contribution in [0.5, 0.6) is 0 Å². The van der Waals surface area contributed by atoms with Gasteiger partial charge < -0.3 is 4.74 Å². The smallest absolute Gasteiger partial charge is 0.0929 e. The number of methoxy groups -OCH3 is 1. The maximum absolute atomic E-state index is 5.93. The first-order valence-corrected chi connectivity index (χ1v) is 7.52. The first-order valence-electron chi connectivity index (χ1n) is 6.72. The van der Waals surface area contributed by atoms with Crippen molar-refractivity contribution in [1.82, 2.24) is 15.2 Å². The molecule has 0 spiro atoms. The van der Waals surface area contributed by atoms with Gasteiger partial charge in [0, 0.05) is 14.2 Å². The van der Waals surface area contributed by atoms with E-state index in [4.69, 9.17) is 10.6 Å². The average Bonchev–Trinajstić information content (AvgIpc) is 2.72. The van der Waals surface area contributed by atoms with Crippen molar-refractivity contribution < 1.29 is 4.74 Å². The zero-order valence-electron chi connectivity index (χ0n) is 11.8. The molecule has 0 aromatic carbocycles. The monoisotopic (exact) mass is 330 g/mol. The van der Waals surface area contributed by atoms with Crippen LogP contribution in [-0.2, 0) is 11.8 Å². The molecule has 1 aliphatic rings. The molecule has 1 aliphatic carbocycles. The zero-order valence-corrected chi connectivity index (χ0v) is 13.4. The fourth-order valence-corrected chi connectivity index (χ4v) is 3.91. The summed E-state index contributed by atoms with van der Waals surface area (Å²) < 4.78 is 8.75. The minimum atomic E-state index is -0.261. The first-order chi connectivity index (χ1) is 9.04. The average molecular weight is 331 g/mol. The Morgan fingerprint density at radius 2 is 2.42 bits per heavy atom. The van der Waals surface area contributed by atoms with Gasteiger partial charge in [0.05, 0.1) is 28.0 Å². The van der Waals surface area contributed by atoms with Crippen molar-refractivity contribution in [1.29, 1.82) is 0 Å². The second-order valence-electron chi connectivity index (χ2n) is 5.57. The second-order valence-corrected chi connectivity index (χ2v) is 6.43. The molecule has 108 valence electrons. The van der Waals surface area contributed by atoms with Gasteiger partial charge in [-0.2, -0.15) is 5.10 Å². The van der Waals surface area contributed by atoms with Crippen molar-refractivity contribution in [2.75, 3.05) is 7.11 Å². The highest BCUT2D eigenvalue weighted by molar-refractivity contribution is 9.10. The molecule has 3 N–H and O–H groups in total. The van der Waals surface area contributed by atoms with Crippen LogP contribution in [-0.4, -0.2) is 22.5 Å². The summed E-state index contributed by atoms with van der Waals surface area (Å²) in [7, 11) is 3.71. The Balaban J connectivity index is 2.39. The van der Waals surface area contributed by atoms with E-state index in [2.05, 4.69) is 33.4 Å². The van der Waals surface area contributed by atoms with Gasteiger partial charge in [-0.25, -0.2) is 5.43 Å². The number of halogens is 1. The molecule has 0 aliphatic heterocycles. The Morgan fingerprint density at radius 1 is 1.68 bits per heavy atom. The Hall–Kier alpha value is -0.430. The molecule has 5 nitrogen and oxygen atoms in total. The van der Waals surface area contributed by atoms with E-state index in [1.54, 1.807) is 13.3 Å². The minimum absolute atomic E-state index is 0.0675. The molecule has 2 rings (SSSR count). The standard InChI is InChI=1S/C13H23BrN4O/c1-9-5-4-6-13(7-9,19-3)12(17-15)11-10(14)8-16-18(11)2/h8-9,12,17H,4-7,15H2,1-3H3. The Bertz CT molecular complexity index is 417. The topological polar surface area (TPSA) is 65.1 Å². The van der Waals surface area contributed by atoms with E-state index < -0.39 is 0 Å². The molecule has 1 fully saturated rings. The lowest BCUT2D eigenvalue weighted by atomic mass is 9.74. The highest BCUT2D eigenvalue weighted by atomic mass is 79.9. The van der Waals surface area contributed by atoms with Crippen LogP contribution in [0.1, 0.15) is 44.3 Å². The van der Waals surface area contributed by atoms with Gasteiger partial charge in [-0.15, -0.1) is 0 Å². The third-order valence-electron chi connectivity index (χ3n) is 4.30. The summed E-state index contributed by atoms with van der Waals surface area (Å²) in [5.41, 5.74) is 3.73. The summed E-state index contributed by atoms with van der Waals surface area (Å²) in [6.45, 7) is 2.28. The number of aromatic nitrogens is 2. The van der Waals surface area contributed by atoms with E-state index in [1.807, 2.05) is 11.7 Å². The number of ether oxygens (including phenoxy) is 1. The maximum Gasteiger partial charge on any atom is 0.0929 e. The van der Waals surface area contributed by atoms with Gasteiger partial charge in [0.1, 0.15) is 0 Å². The van der Waals surface area contributed by atoms with Crippen LogP contribution < -0.4 is 11.3 Å². The fourth-order valence-electron chi connectivity index (χ4n) is 3.33. The second kappa shape index (κ2) is 5.91. The number of nitrogens with one attached hydrogen (secondary N) is 1. The van der Waals surface area contributed by atoms with Crippen molar-refractivity contribution in [2.24, 2.45) is 18.8 Å². The van der Waals surface area contributed by atoms with Crippen LogP contribution in [0.15, 0.2) is 10.7 Å². The number of hydrazine groups is 1. The molecule has 0 bridgehead atoms. The lowest BCUT2D eigenvalue weighted by Crippen LogP contribution is -2.51. The molecular weight excluding hydrogens is 308 g/mol. The summed E-state index contributed by atoms with van der Waals surface area (Å²) in [5, 5.41) is 4.28. The molecule has 0 saturated heterocycles. The molecule has 0 amide bonds. The molecule has 19 heavy (non-hydrogen) atoms. The van der Waals surface area contributed by atoms with Gasteiger partial charge >= 0.3 is 0 Å². The van der Waals surface area contributed by atoms with Gasteiger partial charge in [-0.1, -0.05) is 19.8 Å². The fraction of sp³-hybridized carbons (Fsp3) is 0.769. The Kier molecular flexibility index (Phi) is 4.66. The molecular formula is C13H23BrN4O. The molecule has 1 aromatic rings. The molecule has 3 atom stereocenters. The first kappa shape index (κ1) is 15.0. The molecule has 1 heterocycles. The van der Waals surface area contributed by atoms with Crippen LogP contribution in [0.2, 0.25) is 0 Å². The van der Waals surface area contributed by atoms with E-state index >= 15 is 0 Å². The van der Waals surface area contributed by atoms with E-state index in [-0.39, 0.29) is 11.6 Å². The third-order valence-corrected chi connectivity index (χ3v) is 4.91. The van der Waals surface area contributed by atoms with Crippen LogP contribution in [0.3, 0.4) is 0 Å². The summed E-state index contributed by atoms with van der Waals surface area (Å²) in [5.74, 6) is 6.50. The van der Waals surface area contributed by atoms with Crippen molar-refractivity contribution in [2.45, 2.75) is 44.2 Å². The lowest BCUT2D eigenvalue weighted by Gasteiger charge is -2.44. The van der Waals surface area contributed by atoms with E-state index in [0.29, 0.717) is 5.92 Å². The van der Waals surface area contributed by atoms with E-state index in [0.717, 1.165) is 23.0 Å². The Labute approximate surface area is 123 Å². The maximum atomic E-state index is 5.93. The summed E-state index contributed by atoms with van der Waals surface area (Å²) in [6.07, 6.45) is 6.25. The molecule has 0 radical (unpaired) electrons. The normalized spacial score (nSPS) is 29.4. The molecule has 3 unspecified atom stereocenters. The van der Waals surface area contributed by atoms with E-state index in [9.17, 15) is 0 Å². The predicted octanol–water partition coefficient (Wildman–Crippen LogP) is 2.28. The molecule has 6 heteroatoms. The van der Waals surface area contributed by atoms with Crippen molar-refractivity contribution in [3.63, 3.8) is 0 Å². The number of hydrogen-bond acceptors (Lipinski definition) is 4. The highest BCUT2D eigenvalue weighted by Gasteiger charge is 2.44. The van der Waals surface area contributed by atoms with Crippen LogP contribution in [0, 0.1) is 5.92 Å².